The van der Waals surface area contributed by atoms with Crippen molar-refractivity contribution in [3.05, 3.63) is 0 Å². The molecular weight excluding hydrogens is 507 g/mol. The highest BCUT2D eigenvalue weighted by molar-refractivity contribution is 14.0. The van der Waals surface area contributed by atoms with Crippen LogP contribution in [0.15, 0.2) is 4.99 Å². The quantitative estimate of drug-likeness (QED) is 0.327. The van der Waals surface area contributed by atoms with Gasteiger partial charge in [-0.2, -0.15) is 0 Å². The zero-order valence-electron chi connectivity index (χ0n) is 18.5. The summed E-state index contributed by atoms with van der Waals surface area (Å²) < 4.78 is 29.3. The maximum atomic E-state index is 12.6. The van der Waals surface area contributed by atoms with Gasteiger partial charge in [0.15, 0.2) is 15.8 Å². The molecule has 8 nitrogen and oxygen atoms in total. The van der Waals surface area contributed by atoms with Crippen LogP contribution in [-0.4, -0.2) is 85.6 Å². The summed E-state index contributed by atoms with van der Waals surface area (Å²) in [6.45, 7) is 11.2. The number of piperidine rings is 1. The lowest BCUT2D eigenvalue weighted by Gasteiger charge is -2.40. The molecular formula is C19H37IN4O4S. The summed E-state index contributed by atoms with van der Waals surface area (Å²) in [4.78, 5) is 20.7. The van der Waals surface area contributed by atoms with E-state index >= 15 is 0 Å². The standard InChI is InChI=1S/C19H36N4O4S.HI/c1-18(2,3)27-17(24)23-10-8-7-9-15(23)13-21-16(20-6)22-11-12-28(25,26)19(4,5)14-22;/h15H,7-14H2,1-6H3,(H,20,21);1H. The van der Waals surface area contributed by atoms with Crippen LogP contribution < -0.4 is 5.32 Å². The molecule has 0 aromatic rings. The van der Waals surface area contributed by atoms with E-state index in [0.29, 0.717) is 32.1 Å². The van der Waals surface area contributed by atoms with Gasteiger partial charge in [0.2, 0.25) is 0 Å². The third kappa shape index (κ3) is 6.86. The van der Waals surface area contributed by atoms with E-state index in [1.54, 1.807) is 25.8 Å². The van der Waals surface area contributed by atoms with E-state index in [1.165, 1.54) is 0 Å². The first-order chi connectivity index (χ1) is 12.9. The van der Waals surface area contributed by atoms with E-state index in [1.807, 2.05) is 25.7 Å². The van der Waals surface area contributed by atoms with Gasteiger partial charge in [0.1, 0.15) is 5.60 Å². The van der Waals surface area contributed by atoms with Crippen LogP contribution in [0, 0.1) is 0 Å². The fourth-order valence-corrected chi connectivity index (χ4v) is 5.01. The Labute approximate surface area is 192 Å². The Kier molecular flexibility index (Phi) is 9.07. The summed E-state index contributed by atoms with van der Waals surface area (Å²) in [5, 5.41) is 3.35. The molecule has 0 aliphatic carbocycles. The zero-order valence-corrected chi connectivity index (χ0v) is 21.7. The summed E-state index contributed by atoms with van der Waals surface area (Å²) in [6.07, 6.45) is 2.67. The molecule has 2 saturated heterocycles. The fraction of sp³-hybridized carbons (Fsp3) is 0.895. The molecule has 0 saturated carbocycles. The highest BCUT2D eigenvalue weighted by atomic mass is 127. The number of halogens is 1. The average Bonchev–Trinajstić information content (AvgIpc) is 2.57. The highest BCUT2D eigenvalue weighted by Gasteiger charge is 2.41. The number of carbonyl (C=O) groups excluding carboxylic acids is 1. The Bertz CT molecular complexity index is 703. The first-order valence-electron chi connectivity index (χ1n) is 10.0. The van der Waals surface area contributed by atoms with Crippen LogP contribution in [-0.2, 0) is 14.6 Å². The highest BCUT2D eigenvalue weighted by Crippen LogP contribution is 2.24. The van der Waals surface area contributed by atoms with E-state index in [2.05, 4.69) is 10.3 Å². The molecule has 170 valence electrons. The van der Waals surface area contributed by atoms with Crippen molar-refractivity contribution >= 4 is 45.9 Å². The summed E-state index contributed by atoms with van der Waals surface area (Å²) in [6, 6.07) is 0.0295. The molecule has 2 heterocycles. The van der Waals surface area contributed by atoms with E-state index in [-0.39, 0.29) is 41.9 Å². The summed E-state index contributed by atoms with van der Waals surface area (Å²) >= 11 is 0. The van der Waals surface area contributed by atoms with Gasteiger partial charge in [-0.1, -0.05) is 0 Å². The van der Waals surface area contributed by atoms with E-state index < -0.39 is 20.2 Å². The molecule has 2 rings (SSSR count). The number of likely N-dealkylation sites (tertiary alicyclic amines) is 1. The fourth-order valence-electron chi connectivity index (χ4n) is 3.64. The van der Waals surface area contributed by atoms with Crippen molar-refractivity contribution < 1.29 is 17.9 Å². The molecule has 2 fully saturated rings. The second-order valence-electron chi connectivity index (χ2n) is 9.25. The minimum absolute atomic E-state index is 0. The summed E-state index contributed by atoms with van der Waals surface area (Å²) in [7, 11) is -1.40. The van der Waals surface area contributed by atoms with Gasteiger partial charge in [0.25, 0.3) is 0 Å². The molecule has 1 unspecified atom stereocenters. The van der Waals surface area contributed by atoms with Crippen molar-refractivity contribution in [2.24, 2.45) is 4.99 Å². The Morgan fingerprint density at radius 1 is 1.24 bits per heavy atom. The zero-order chi connectivity index (χ0) is 21.2. The monoisotopic (exact) mass is 544 g/mol. The molecule has 0 aromatic carbocycles. The first-order valence-corrected chi connectivity index (χ1v) is 11.7. The Morgan fingerprint density at radius 2 is 1.90 bits per heavy atom. The maximum Gasteiger partial charge on any atom is 0.410 e. The molecule has 2 aliphatic rings. The molecule has 1 atom stereocenters. The number of sulfone groups is 1. The smallest absolute Gasteiger partial charge is 0.410 e. The van der Waals surface area contributed by atoms with Crippen molar-refractivity contribution in [2.75, 3.05) is 39.0 Å². The second-order valence-corrected chi connectivity index (χ2v) is 12.0. The maximum absolute atomic E-state index is 12.6. The lowest BCUT2D eigenvalue weighted by Crippen LogP contribution is -2.58. The second kappa shape index (κ2) is 10.0. The van der Waals surface area contributed by atoms with Crippen molar-refractivity contribution in [3.8, 4) is 0 Å². The largest absolute Gasteiger partial charge is 0.444 e. The lowest BCUT2D eigenvalue weighted by atomic mass is 10.0. The molecule has 0 radical (unpaired) electrons. The van der Waals surface area contributed by atoms with Gasteiger partial charge in [0.05, 0.1) is 16.5 Å². The van der Waals surface area contributed by atoms with Crippen LogP contribution in [0.25, 0.3) is 0 Å². The van der Waals surface area contributed by atoms with E-state index in [0.717, 1.165) is 19.3 Å². The van der Waals surface area contributed by atoms with Gasteiger partial charge >= 0.3 is 6.09 Å². The van der Waals surface area contributed by atoms with Crippen molar-refractivity contribution in [1.29, 1.82) is 0 Å². The number of aliphatic imine (C=N–C) groups is 1. The molecule has 1 amide bonds. The van der Waals surface area contributed by atoms with Gasteiger partial charge in [0, 0.05) is 33.2 Å². The topological polar surface area (TPSA) is 91.3 Å². The van der Waals surface area contributed by atoms with Crippen LogP contribution in [0.5, 0.6) is 0 Å². The van der Waals surface area contributed by atoms with E-state index in [9.17, 15) is 13.2 Å². The van der Waals surface area contributed by atoms with Crippen molar-refractivity contribution in [1.82, 2.24) is 15.1 Å². The Morgan fingerprint density at radius 3 is 2.45 bits per heavy atom. The number of rotatable bonds is 2. The Balaban J connectivity index is 0.00000420. The lowest BCUT2D eigenvalue weighted by molar-refractivity contribution is 0.0103. The number of hydrogen-bond acceptors (Lipinski definition) is 5. The van der Waals surface area contributed by atoms with Crippen LogP contribution in [0.1, 0.15) is 53.9 Å². The van der Waals surface area contributed by atoms with Crippen molar-refractivity contribution in [2.45, 2.75) is 70.3 Å². The third-order valence-electron chi connectivity index (χ3n) is 5.31. The van der Waals surface area contributed by atoms with Crippen LogP contribution in [0.3, 0.4) is 0 Å². The number of carbonyl (C=O) groups is 1. The van der Waals surface area contributed by atoms with Gasteiger partial charge in [-0.25, -0.2) is 13.2 Å². The molecule has 10 heteroatoms. The van der Waals surface area contributed by atoms with Gasteiger partial charge in [-0.05, 0) is 53.9 Å². The number of amides is 1. The molecule has 2 aliphatic heterocycles. The molecule has 1 N–H and O–H groups in total. The van der Waals surface area contributed by atoms with Crippen LogP contribution >= 0.6 is 24.0 Å². The van der Waals surface area contributed by atoms with Gasteiger partial charge in [-0.15, -0.1) is 24.0 Å². The first kappa shape index (κ1) is 26.3. The van der Waals surface area contributed by atoms with Gasteiger partial charge < -0.3 is 19.9 Å². The number of guanidine groups is 1. The number of nitrogens with zero attached hydrogens (tertiary/aromatic N) is 3. The summed E-state index contributed by atoms with van der Waals surface area (Å²) in [5.41, 5.74) is -0.520. The average molecular weight is 545 g/mol. The SMILES string of the molecule is CN=C(NCC1CCCCN1C(=O)OC(C)(C)C)N1CCS(=O)(=O)C(C)(C)C1.I. The Hall–Kier alpha value is -0.780. The normalized spacial score (nSPS) is 24.5. The van der Waals surface area contributed by atoms with E-state index in [4.69, 9.17) is 4.74 Å². The minimum Gasteiger partial charge on any atom is -0.444 e. The van der Waals surface area contributed by atoms with Gasteiger partial charge in [-0.3, -0.25) is 4.99 Å². The predicted octanol–water partition coefficient (Wildman–Crippen LogP) is 2.48. The van der Waals surface area contributed by atoms with Crippen molar-refractivity contribution in [3.63, 3.8) is 0 Å². The molecule has 0 bridgehead atoms. The molecule has 0 spiro atoms. The summed E-state index contributed by atoms with van der Waals surface area (Å²) in [5.74, 6) is 0.798. The van der Waals surface area contributed by atoms with Crippen LogP contribution in [0.2, 0.25) is 0 Å². The minimum atomic E-state index is -3.10. The number of hydrogen-bond donors (Lipinski definition) is 1. The number of ether oxygens (including phenoxy) is 1. The predicted molar refractivity (Wildman–Crippen MR) is 127 cm³/mol. The molecule has 0 aromatic heterocycles. The van der Waals surface area contributed by atoms with Crippen LogP contribution in [0.4, 0.5) is 4.79 Å². The molecule has 29 heavy (non-hydrogen) atoms. The third-order valence-corrected chi connectivity index (χ3v) is 7.84. The number of nitrogens with one attached hydrogen (secondary N) is 1.